The van der Waals surface area contributed by atoms with Gasteiger partial charge in [0.1, 0.15) is 11.6 Å². The van der Waals surface area contributed by atoms with Gasteiger partial charge >= 0.3 is 0 Å². The standard InChI is InChI=1S/C15H15FN2O2/c1-20-12-5-6-14(17)13(8-12)15(19)18-9-10-3-2-4-11(16)7-10/h2-8H,9,17H2,1H3,(H,18,19). The van der Waals surface area contributed by atoms with Gasteiger partial charge in [-0.05, 0) is 35.9 Å². The van der Waals surface area contributed by atoms with E-state index in [0.717, 1.165) is 0 Å². The molecular weight excluding hydrogens is 259 g/mol. The average Bonchev–Trinajstić information content (AvgIpc) is 2.45. The lowest BCUT2D eigenvalue weighted by atomic mass is 10.1. The molecule has 0 saturated heterocycles. The van der Waals surface area contributed by atoms with Crippen LogP contribution in [0.2, 0.25) is 0 Å². The Balaban J connectivity index is 2.08. The van der Waals surface area contributed by atoms with Crippen LogP contribution >= 0.6 is 0 Å². The first-order valence-electron chi connectivity index (χ1n) is 6.06. The minimum absolute atomic E-state index is 0.229. The van der Waals surface area contributed by atoms with Crippen molar-refractivity contribution in [1.82, 2.24) is 5.32 Å². The zero-order valence-electron chi connectivity index (χ0n) is 11.0. The van der Waals surface area contributed by atoms with E-state index in [1.807, 2.05) is 0 Å². The van der Waals surface area contributed by atoms with Gasteiger partial charge in [0.05, 0.1) is 12.7 Å². The van der Waals surface area contributed by atoms with Gasteiger partial charge in [0.2, 0.25) is 0 Å². The van der Waals surface area contributed by atoms with Gasteiger partial charge in [0.15, 0.2) is 0 Å². The van der Waals surface area contributed by atoms with Gasteiger partial charge in [-0.25, -0.2) is 4.39 Å². The smallest absolute Gasteiger partial charge is 0.253 e. The number of hydrogen-bond acceptors (Lipinski definition) is 3. The molecule has 0 spiro atoms. The minimum atomic E-state index is -0.336. The molecule has 0 saturated carbocycles. The van der Waals surface area contributed by atoms with Crippen LogP contribution < -0.4 is 15.8 Å². The predicted octanol–water partition coefficient (Wildman–Crippen LogP) is 2.35. The van der Waals surface area contributed by atoms with E-state index in [2.05, 4.69) is 5.32 Å². The van der Waals surface area contributed by atoms with E-state index in [0.29, 0.717) is 22.6 Å². The van der Waals surface area contributed by atoms with E-state index in [4.69, 9.17) is 10.5 Å². The molecule has 0 aliphatic rings. The highest BCUT2D eigenvalue weighted by Crippen LogP contribution is 2.19. The van der Waals surface area contributed by atoms with Gasteiger partial charge < -0.3 is 15.8 Å². The maximum atomic E-state index is 13.0. The summed E-state index contributed by atoms with van der Waals surface area (Å²) in [5, 5.41) is 2.69. The summed E-state index contributed by atoms with van der Waals surface area (Å²) in [6, 6.07) is 10.9. The van der Waals surface area contributed by atoms with Crippen LogP contribution in [-0.4, -0.2) is 13.0 Å². The predicted molar refractivity (Wildman–Crippen MR) is 75.0 cm³/mol. The van der Waals surface area contributed by atoms with Crippen molar-refractivity contribution < 1.29 is 13.9 Å². The van der Waals surface area contributed by atoms with Gasteiger partial charge in [-0.1, -0.05) is 12.1 Å². The van der Waals surface area contributed by atoms with Crippen LogP contribution in [0, 0.1) is 5.82 Å². The fourth-order valence-electron chi connectivity index (χ4n) is 1.78. The molecule has 2 aromatic carbocycles. The lowest BCUT2D eigenvalue weighted by Crippen LogP contribution is -2.23. The molecule has 0 unspecified atom stereocenters. The summed E-state index contributed by atoms with van der Waals surface area (Å²) >= 11 is 0. The zero-order chi connectivity index (χ0) is 14.5. The van der Waals surface area contributed by atoms with Gasteiger partial charge in [-0.3, -0.25) is 4.79 Å². The summed E-state index contributed by atoms with van der Waals surface area (Å²) in [6.07, 6.45) is 0. The number of benzene rings is 2. The second-order valence-corrected chi connectivity index (χ2v) is 4.27. The molecule has 4 nitrogen and oxygen atoms in total. The summed E-state index contributed by atoms with van der Waals surface area (Å²) in [6.45, 7) is 0.229. The number of halogens is 1. The van der Waals surface area contributed by atoms with E-state index in [9.17, 15) is 9.18 Å². The lowest BCUT2D eigenvalue weighted by molar-refractivity contribution is 0.0951. The molecule has 0 radical (unpaired) electrons. The Kier molecular flexibility index (Phi) is 4.20. The van der Waals surface area contributed by atoms with E-state index in [-0.39, 0.29) is 18.3 Å². The van der Waals surface area contributed by atoms with Crippen molar-refractivity contribution in [3.63, 3.8) is 0 Å². The highest BCUT2D eigenvalue weighted by molar-refractivity contribution is 5.99. The van der Waals surface area contributed by atoms with Crippen molar-refractivity contribution in [3.8, 4) is 5.75 Å². The van der Waals surface area contributed by atoms with Crippen LogP contribution in [0.5, 0.6) is 5.75 Å². The van der Waals surface area contributed by atoms with Crippen LogP contribution in [0.25, 0.3) is 0 Å². The largest absolute Gasteiger partial charge is 0.497 e. The first-order chi connectivity index (χ1) is 9.60. The Hall–Kier alpha value is -2.56. The average molecular weight is 274 g/mol. The number of ether oxygens (including phenoxy) is 1. The molecule has 0 aromatic heterocycles. The molecule has 0 fully saturated rings. The van der Waals surface area contributed by atoms with Crippen LogP contribution in [-0.2, 0) is 6.54 Å². The minimum Gasteiger partial charge on any atom is -0.497 e. The summed E-state index contributed by atoms with van der Waals surface area (Å²) < 4.78 is 18.1. The number of amides is 1. The Morgan fingerprint density at radius 2 is 2.10 bits per heavy atom. The van der Waals surface area contributed by atoms with Crippen LogP contribution in [0.15, 0.2) is 42.5 Å². The number of methoxy groups -OCH3 is 1. The van der Waals surface area contributed by atoms with Crippen LogP contribution in [0.4, 0.5) is 10.1 Å². The normalized spacial score (nSPS) is 10.1. The second kappa shape index (κ2) is 6.06. The zero-order valence-corrected chi connectivity index (χ0v) is 11.0. The number of carbonyl (C=O) groups excluding carboxylic acids is 1. The van der Waals surface area contributed by atoms with Crippen LogP contribution in [0.3, 0.4) is 0 Å². The van der Waals surface area contributed by atoms with Gasteiger partial charge in [-0.2, -0.15) is 0 Å². The first-order valence-corrected chi connectivity index (χ1v) is 6.06. The molecule has 0 bridgehead atoms. The molecule has 104 valence electrons. The monoisotopic (exact) mass is 274 g/mol. The van der Waals surface area contributed by atoms with E-state index in [1.165, 1.54) is 19.2 Å². The molecule has 0 aliphatic heterocycles. The third-order valence-corrected chi connectivity index (χ3v) is 2.85. The number of rotatable bonds is 4. The molecule has 2 aromatic rings. The molecule has 0 heterocycles. The Bertz CT molecular complexity index is 629. The third kappa shape index (κ3) is 3.26. The molecule has 1 amide bonds. The lowest BCUT2D eigenvalue weighted by Gasteiger charge is -2.09. The maximum absolute atomic E-state index is 13.0. The van der Waals surface area contributed by atoms with E-state index < -0.39 is 0 Å². The highest BCUT2D eigenvalue weighted by Gasteiger charge is 2.10. The van der Waals surface area contributed by atoms with Crippen molar-refractivity contribution in [2.24, 2.45) is 0 Å². The SMILES string of the molecule is COc1ccc(N)c(C(=O)NCc2cccc(F)c2)c1. The molecule has 20 heavy (non-hydrogen) atoms. The summed E-state index contributed by atoms with van der Waals surface area (Å²) in [4.78, 5) is 12.1. The number of hydrogen-bond donors (Lipinski definition) is 2. The fraction of sp³-hybridized carbons (Fsp3) is 0.133. The number of nitrogens with two attached hydrogens (primary N) is 1. The summed E-state index contributed by atoms with van der Waals surface area (Å²) in [7, 11) is 1.51. The number of nitrogen functional groups attached to an aromatic ring is 1. The molecular formula is C15H15FN2O2. The van der Waals surface area contributed by atoms with Gasteiger partial charge in [0.25, 0.3) is 5.91 Å². The quantitative estimate of drug-likeness (QED) is 0.841. The number of nitrogens with one attached hydrogen (secondary N) is 1. The number of carbonyl (C=O) groups is 1. The van der Waals surface area contributed by atoms with E-state index in [1.54, 1.807) is 30.3 Å². The van der Waals surface area contributed by atoms with E-state index >= 15 is 0 Å². The summed E-state index contributed by atoms with van der Waals surface area (Å²) in [5.74, 6) is -0.113. The van der Waals surface area contributed by atoms with Crippen molar-refractivity contribution in [3.05, 3.63) is 59.4 Å². The van der Waals surface area contributed by atoms with Gasteiger partial charge in [-0.15, -0.1) is 0 Å². The first kappa shape index (κ1) is 13.9. The van der Waals surface area contributed by atoms with Crippen molar-refractivity contribution >= 4 is 11.6 Å². The van der Waals surface area contributed by atoms with Crippen molar-refractivity contribution in [2.45, 2.75) is 6.54 Å². The molecule has 3 N–H and O–H groups in total. The Morgan fingerprint density at radius 3 is 2.80 bits per heavy atom. The highest BCUT2D eigenvalue weighted by atomic mass is 19.1. The summed E-state index contributed by atoms with van der Waals surface area (Å²) in [5.41, 5.74) is 7.14. The third-order valence-electron chi connectivity index (χ3n) is 2.85. The Labute approximate surface area is 116 Å². The fourth-order valence-corrected chi connectivity index (χ4v) is 1.78. The molecule has 0 atom stereocenters. The van der Waals surface area contributed by atoms with Crippen LogP contribution in [0.1, 0.15) is 15.9 Å². The molecule has 2 rings (SSSR count). The van der Waals surface area contributed by atoms with Crippen molar-refractivity contribution in [2.75, 3.05) is 12.8 Å². The van der Waals surface area contributed by atoms with Gasteiger partial charge in [0, 0.05) is 12.2 Å². The topological polar surface area (TPSA) is 64.3 Å². The van der Waals surface area contributed by atoms with Crippen molar-refractivity contribution in [1.29, 1.82) is 0 Å². The maximum Gasteiger partial charge on any atom is 0.253 e. The Morgan fingerprint density at radius 1 is 1.30 bits per heavy atom. The molecule has 5 heteroatoms. The number of anilines is 1. The molecule has 0 aliphatic carbocycles. The second-order valence-electron chi connectivity index (χ2n) is 4.27.